The van der Waals surface area contributed by atoms with Crippen molar-refractivity contribution >= 4 is 16.9 Å². The standard InChI is InChI=1S/C14H19N3O2/c1-11-16-12-5-2-3-6-13(12)17(11)9-8-15-14(19)7-4-10-18/h2-3,5-6,18H,4,7-10H2,1H3,(H,15,19). The Morgan fingerprint density at radius 1 is 1.42 bits per heavy atom. The van der Waals surface area contributed by atoms with E-state index in [1.165, 1.54) is 0 Å². The van der Waals surface area contributed by atoms with Gasteiger partial charge in [0.1, 0.15) is 5.82 Å². The Hall–Kier alpha value is -1.88. The monoisotopic (exact) mass is 261 g/mol. The van der Waals surface area contributed by atoms with E-state index in [2.05, 4.69) is 14.9 Å². The number of nitrogens with zero attached hydrogens (tertiary/aromatic N) is 2. The summed E-state index contributed by atoms with van der Waals surface area (Å²) in [7, 11) is 0. The third kappa shape index (κ3) is 3.32. The fourth-order valence-corrected chi connectivity index (χ4v) is 2.11. The van der Waals surface area contributed by atoms with E-state index >= 15 is 0 Å². The van der Waals surface area contributed by atoms with Crippen LogP contribution in [0.4, 0.5) is 0 Å². The van der Waals surface area contributed by atoms with Gasteiger partial charge in [-0.2, -0.15) is 0 Å². The minimum Gasteiger partial charge on any atom is -0.396 e. The topological polar surface area (TPSA) is 67.2 Å². The van der Waals surface area contributed by atoms with Gasteiger partial charge < -0.3 is 15.0 Å². The first kappa shape index (κ1) is 13.5. The maximum absolute atomic E-state index is 11.4. The summed E-state index contributed by atoms with van der Waals surface area (Å²) in [6.45, 7) is 3.30. The molecular weight excluding hydrogens is 242 g/mol. The number of nitrogens with one attached hydrogen (secondary N) is 1. The molecule has 0 spiro atoms. The molecule has 1 aromatic heterocycles. The molecule has 0 saturated heterocycles. The van der Waals surface area contributed by atoms with Crippen LogP contribution < -0.4 is 5.32 Å². The first-order chi connectivity index (χ1) is 9.22. The van der Waals surface area contributed by atoms with Crippen molar-refractivity contribution in [2.75, 3.05) is 13.2 Å². The van der Waals surface area contributed by atoms with Crippen molar-refractivity contribution in [1.29, 1.82) is 0 Å². The van der Waals surface area contributed by atoms with Gasteiger partial charge >= 0.3 is 0 Å². The van der Waals surface area contributed by atoms with Gasteiger partial charge in [0.2, 0.25) is 5.91 Å². The summed E-state index contributed by atoms with van der Waals surface area (Å²) in [6.07, 6.45) is 0.888. The number of hydrogen-bond donors (Lipinski definition) is 2. The zero-order valence-electron chi connectivity index (χ0n) is 11.1. The number of benzene rings is 1. The molecule has 1 heterocycles. The van der Waals surface area contributed by atoms with Crippen LogP contribution in [-0.4, -0.2) is 33.7 Å². The van der Waals surface area contributed by atoms with E-state index in [4.69, 9.17) is 5.11 Å². The van der Waals surface area contributed by atoms with Crippen LogP contribution in [0, 0.1) is 6.92 Å². The molecule has 0 atom stereocenters. The fourth-order valence-electron chi connectivity index (χ4n) is 2.11. The van der Waals surface area contributed by atoms with Crippen molar-refractivity contribution in [1.82, 2.24) is 14.9 Å². The van der Waals surface area contributed by atoms with Crippen molar-refractivity contribution in [3.63, 3.8) is 0 Å². The SMILES string of the molecule is Cc1nc2ccccc2n1CCNC(=O)CCCO. The molecule has 0 aliphatic heterocycles. The molecule has 19 heavy (non-hydrogen) atoms. The predicted octanol–water partition coefficient (Wildman–Crippen LogP) is 1.23. The second-order valence-electron chi connectivity index (χ2n) is 4.48. The summed E-state index contributed by atoms with van der Waals surface area (Å²) in [4.78, 5) is 15.9. The average Bonchev–Trinajstić information content (AvgIpc) is 2.73. The highest BCUT2D eigenvalue weighted by Gasteiger charge is 2.06. The van der Waals surface area contributed by atoms with Gasteiger partial charge in [0.05, 0.1) is 11.0 Å². The molecule has 2 N–H and O–H groups in total. The summed E-state index contributed by atoms with van der Waals surface area (Å²) < 4.78 is 2.10. The van der Waals surface area contributed by atoms with Crippen molar-refractivity contribution in [2.24, 2.45) is 0 Å². The lowest BCUT2D eigenvalue weighted by molar-refractivity contribution is -0.121. The third-order valence-corrected chi connectivity index (χ3v) is 3.06. The number of hydrogen-bond acceptors (Lipinski definition) is 3. The van der Waals surface area contributed by atoms with E-state index in [0.29, 0.717) is 25.9 Å². The lowest BCUT2D eigenvalue weighted by atomic mass is 10.3. The van der Waals surface area contributed by atoms with Crippen LogP contribution in [0.2, 0.25) is 0 Å². The molecule has 102 valence electrons. The van der Waals surface area contributed by atoms with E-state index in [-0.39, 0.29) is 12.5 Å². The Balaban J connectivity index is 1.94. The molecular formula is C14H19N3O2. The van der Waals surface area contributed by atoms with Gasteiger partial charge in [-0.15, -0.1) is 0 Å². The summed E-state index contributed by atoms with van der Waals surface area (Å²) in [6, 6.07) is 7.97. The van der Waals surface area contributed by atoms with Gasteiger partial charge in [0.15, 0.2) is 0 Å². The highest BCUT2D eigenvalue weighted by Crippen LogP contribution is 2.14. The zero-order valence-corrected chi connectivity index (χ0v) is 11.1. The lowest BCUT2D eigenvalue weighted by Gasteiger charge is -2.08. The van der Waals surface area contributed by atoms with Crippen molar-refractivity contribution in [3.05, 3.63) is 30.1 Å². The van der Waals surface area contributed by atoms with Gasteiger partial charge in [-0.05, 0) is 25.5 Å². The van der Waals surface area contributed by atoms with Gasteiger partial charge in [-0.1, -0.05) is 12.1 Å². The Morgan fingerprint density at radius 2 is 2.21 bits per heavy atom. The van der Waals surface area contributed by atoms with E-state index in [9.17, 15) is 4.79 Å². The first-order valence-corrected chi connectivity index (χ1v) is 6.52. The number of carbonyl (C=O) groups is 1. The molecule has 5 nitrogen and oxygen atoms in total. The lowest BCUT2D eigenvalue weighted by Crippen LogP contribution is -2.27. The fraction of sp³-hybridized carbons (Fsp3) is 0.429. The van der Waals surface area contributed by atoms with Crippen LogP contribution in [0.5, 0.6) is 0 Å². The smallest absolute Gasteiger partial charge is 0.220 e. The van der Waals surface area contributed by atoms with Gasteiger partial charge in [0.25, 0.3) is 0 Å². The number of aromatic nitrogens is 2. The minimum atomic E-state index is -0.0175. The molecule has 2 rings (SSSR count). The number of fused-ring (bicyclic) bond motifs is 1. The molecule has 0 fully saturated rings. The minimum absolute atomic E-state index is 0.0175. The molecule has 2 aromatic rings. The second kappa shape index (κ2) is 6.33. The van der Waals surface area contributed by atoms with Crippen LogP contribution in [0.15, 0.2) is 24.3 Å². The van der Waals surface area contributed by atoms with Crippen LogP contribution in [0.3, 0.4) is 0 Å². The van der Waals surface area contributed by atoms with Crippen LogP contribution in [0.25, 0.3) is 11.0 Å². The second-order valence-corrected chi connectivity index (χ2v) is 4.48. The number of aliphatic hydroxyl groups is 1. The molecule has 0 radical (unpaired) electrons. The maximum atomic E-state index is 11.4. The molecule has 1 aromatic carbocycles. The normalized spacial score (nSPS) is 10.8. The van der Waals surface area contributed by atoms with Crippen molar-refractivity contribution < 1.29 is 9.90 Å². The first-order valence-electron chi connectivity index (χ1n) is 6.52. The van der Waals surface area contributed by atoms with E-state index in [1.54, 1.807) is 0 Å². The van der Waals surface area contributed by atoms with Crippen molar-refractivity contribution in [3.8, 4) is 0 Å². The number of aliphatic hydroxyl groups excluding tert-OH is 1. The Kier molecular flexibility index (Phi) is 4.52. The molecule has 0 aliphatic carbocycles. The van der Waals surface area contributed by atoms with E-state index in [1.807, 2.05) is 31.2 Å². The number of imidazole rings is 1. The highest BCUT2D eigenvalue weighted by atomic mass is 16.3. The number of para-hydroxylation sites is 2. The van der Waals surface area contributed by atoms with Crippen LogP contribution in [-0.2, 0) is 11.3 Å². The number of amides is 1. The Bertz CT molecular complexity index is 563. The molecule has 0 aliphatic rings. The zero-order chi connectivity index (χ0) is 13.7. The quantitative estimate of drug-likeness (QED) is 0.822. The van der Waals surface area contributed by atoms with Crippen LogP contribution >= 0.6 is 0 Å². The largest absolute Gasteiger partial charge is 0.396 e. The van der Waals surface area contributed by atoms with E-state index in [0.717, 1.165) is 16.9 Å². The summed E-state index contributed by atoms with van der Waals surface area (Å²) >= 11 is 0. The number of aryl methyl sites for hydroxylation is 1. The average molecular weight is 261 g/mol. The predicted molar refractivity (Wildman–Crippen MR) is 73.8 cm³/mol. The molecule has 0 unspecified atom stereocenters. The van der Waals surface area contributed by atoms with Gasteiger partial charge in [0, 0.05) is 26.1 Å². The number of rotatable bonds is 6. The molecule has 1 amide bonds. The summed E-state index contributed by atoms with van der Waals surface area (Å²) in [5.74, 6) is 0.932. The molecule has 0 bridgehead atoms. The molecule has 5 heteroatoms. The molecule has 0 saturated carbocycles. The van der Waals surface area contributed by atoms with Gasteiger partial charge in [-0.3, -0.25) is 4.79 Å². The summed E-state index contributed by atoms with van der Waals surface area (Å²) in [5.41, 5.74) is 2.07. The third-order valence-electron chi connectivity index (χ3n) is 3.06. The highest BCUT2D eigenvalue weighted by molar-refractivity contribution is 5.76. The Morgan fingerprint density at radius 3 is 3.00 bits per heavy atom. The summed E-state index contributed by atoms with van der Waals surface area (Å²) in [5, 5.41) is 11.5. The van der Waals surface area contributed by atoms with Gasteiger partial charge in [-0.25, -0.2) is 4.98 Å². The van der Waals surface area contributed by atoms with Crippen LogP contribution in [0.1, 0.15) is 18.7 Å². The number of carbonyl (C=O) groups excluding carboxylic acids is 1. The van der Waals surface area contributed by atoms with Crippen molar-refractivity contribution in [2.45, 2.75) is 26.3 Å². The van der Waals surface area contributed by atoms with E-state index < -0.39 is 0 Å². The maximum Gasteiger partial charge on any atom is 0.220 e. The Labute approximate surface area is 112 Å².